The van der Waals surface area contributed by atoms with E-state index in [9.17, 15) is 0 Å². The van der Waals surface area contributed by atoms with E-state index >= 15 is 0 Å². The van der Waals surface area contributed by atoms with Gasteiger partial charge in [-0.05, 0) is 31.2 Å². The lowest BCUT2D eigenvalue weighted by molar-refractivity contribution is 0.415. The van der Waals surface area contributed by atoms with Gasteiger partial charge in [0, 0.05) is 11.6 Å². The largest absolute Gasteiger partial charge is 0.497 e. The quantitative estimate of drug-likeness (QED) is 0.682. The van der Waals surface area contributed by atoms with Gasteiger partial charge in [-0.1, -0.05) is 17.7 Å². The highest BCUT2D eigenvalue weighted by Crippen LogP contribution is 2.26. The zero-order valence-corrected chi connectivity index (χ0v) is 10.3. The standard InChI is InChI=1S/C15H13NO2/c1-10-3-5-11(6-4-10)15-16-13-9-12(17-2)7-8-14(13)18-15/h3-9H,1-2H3. The Balaban J connectivity index is 2.10. The van der Waals surface area contributed by atoms with Crippen molar-refractivity contribution in [3.05, 3.63) is 48.0 Å². The average molecular weight is 239 g/mol. The van der Waals surface area contributed by atoms with Crippen LogP contribution in [0.15, 0.2) is 46.9 Å². The van der Waals surface area contributed by atoms with Crippen LogP contribution in [0.2, 0.25) is 0 Å². The Morgan fingerprint density at radius 3 is 2.56 bits per heavy atom. The third kappa shape index (κ3) is 1.84. The number of aryl methyl sites for hydroxylation is 1. The molecule has 0 N–H and O–H groups in total. The van der Waals surface area contributed by atoms with Gasteiger partial charge in [-0.25, -0.2) is 4.98 Å². The van der Waals surface area contributed by atoms with Crippen molar-refractivity contribution in [3.63, 3.8) is 0 Å². The predicted molar refractivity (Wildman–Crippen MR) is 70.7 cm³/mol. The summed E-state index contributed by atoms with van der Waals surface area (Å²) >= 11 is 0. The normalized spacial score (nSPS) is 10.8. The Hall–Kier alpha value is -2.29. The summed E-state index contributed by atoms with van der Waals surface area (Å²) in [7, 11) is 1.64. The van der Waals surface area contributed by atoms with Crippen molar-refractivity contribution in [2.45, 2.75) is 6.92 Å². The molecule has 18 heavy (non-hydrogen) atoms. The molecular formula is C15H13NO2. The Bertz CT molecular complexity index is 683. The molecule has 0 saturated heterocycles. The van der Waals surface area contributed by atoms with Crippen LogP contribution in [0.5, 0.6) is 5.75 Å². The molecule has 0 unspecified atom stereocenters. The molecule has 0 spiro atoms. The highest BCUT2D eigenvalue weighted by atomic mass is 16.5. The van der Waals surface area contributed by atoms with Gasteiger partial charge < -0.3 is 9.15 Å². The zero-order chi connectivity index (χ0) is 12.5. The van der Waals surface area contributed by atoms with Crippen LogP contribution in [-0.2, 0) is 0 Å². The minimum atomic E-state index is 0.637. The molecular weight excluding hydrogens is 226 g/mol. The highest BCUT2D eigenvalue weighted by molar-refractivity contribution is 5.77. The van der Waals surface area contributed by atoms with Gasteiger partial charge in [0.25, 0.3) is 0 Å². The van der Waals surface area contributed by atoms with Crippen LogP contribution in [0.3, 0.4) is 0 Å². The first-order valence-electron chi connectivity index (χ1n) is 5.78. The summed E-state index contributed by atoms with van der Waals surface area (Å²) in [6, 6.07) is 13.7. The van der Waals surface area contributed by atoms with Crippen molar-refractivity contribution in [1.29, 1.82) is 0 Å². The Labute approximate surface area is 105 Å². The number of hydrogen-bond acceptors (Lipinski definition) is 3. The van der Waals surface area contributed by atoms with Crippen molar-refractivity contribution in [1.82, 2.24) is 4.98 Å². The van der Waals surface area contributed by atoms with Gasteiger partial charge in [-0.3, -0.25) is 0 Å². The van der Waals surface area contributed by atoms with Crippen LogP contribution < -0.4 is 4.74 Å². The number of hydrogen-bond donors (Lipinski definition) is 0. The van der Waals surface area contributed by atoms with E-state index < -0.39 is 0 Å². The van der Waals surface area contributed by atoms with E-state index in [0.717, 1.165) is 22.4 Å². The van der Waals surface area contributed by atoms with Crippen molar-refractivity contribution < 1.29 is 9.15 Å². The molecule has 3 nitrogen and oxygen atoms in total. The summed E-state index contributed by atoms with van der Waals surface area (Å²) in [5.74, 6) is 1.42. The molecule has 3 rings (SSSR count). The van der Waals surface area contributed by atoms with E-state index in [1.807, 2.05) is 42.5 Å². The number of nitrogens with zero attached hydrogens (tertiary/aromatic N) is 1. The second kappa shape index (κ2) is 4.18. The average Bonchev–Trinajstić information content (AvgIpc) is 2.82. The number of rotatable bonds is 2. The van der Waals surface area contributed by atoms with Crippen LogP contribution >= 0.6 is 0 Å². The molecule has 0 radical (unpaired) electrons. The van der Waals surface area contributed by atoms with Gasteiger partial charge in [0.1, 0.15) is 11.3 Å². The molecule has 0 aliphatic heterocycles. The lowest BCUT2D eigenvalue weighted by atomic mass is 10.1. The highest BCUT2D eigenvalue weighted by Gasteiger charge is 2.08. The van der Waals surface area contributed by atoms with Crippen molar-refractivity contribution >= 4 is 11.1 Å². The molecule has 90 valence electrons. The molecule has 0 aliphatic rings. The van der Waals surface area contributed by atoms with E-state index in [1.54, 1.807) is 7.11 Å². The summed E-state index contributed by atoms with van der Waals surface area (Å²) in [6.45, 7) is 2.06. The second-order valence-corrected chi connectivity index (χ2v) is 4.22. The van der Waals surface area contributed by atoms with E-state index in [2.05, 4.69) is 11.9 Å². The maximum Gasteiger partial charge on any atom is 0.227 e. The first-order valence-corrected chi connectivity index (χ1v) is 5.78. The van der Waals surface area contributed by atoms with Crippen molar-refractivity contribution in [2.24, 2.45) is 0 Å². The first-order chi connectivity index (χ1) is 8.76. The Morgan fingerprint density at radius 1 is 1.06 bits per heavy atom. The molecule has 0 atom stereocenters. The molecule has 0 bridgehead atoms. The fourth-order valence-electron chi connectivity index (χ4n) is 1.85. The van der Waals surface area contributed by atoms with Crippen molar-refractivity contribution in [2.75, 3.05) is 7.11 Å². The molecule has 3 heteroatoms. The number of aromatic nitrogens is 1. The smallest absolute Gasteiger partial charge is 0.227 e. The molecule has 0 aliphatic carbocycles. The van der Waals surface area contributed by atoms with Crippen LogP contribution in [0.4, 0.5) is 0 Å². The Kier molecular flexibility index (Phi) is 2.52. The van der Waals surface area contributed by atoms with Gasteiger partial charge >= 0.3 is 0 Å². The van der Waals surface area contributed by atoms with E-state index in [-0.39, 0.29) is 0 Å². The molecule has 1 heterocycles. The predicted octanol–water partition coefficient (Wildman–Crippen LogP) is 3.81. The summed E-state index contributed by atoms with van der Waals surface area (Å²) < 4.78 is 10.9. The molecule has 0 saturated carbocycles. The van der Waals surface area contributed by atoms with Crippen LogP contribution in [0.25, 0.3) is 22.6 Å². The molecule has 2 aromatic carbocycles. The number of oxazole rings is 1. The second-order valence-electron chi connectivity index (χ2n) is 4.22. The Morgan fingerprint density at radius 2 is 1.83 bits per heavy atom. The monoisotopic (exact) mass is 239 g/mol. The fourth-order valence-corrected chi connectivity index (χ4v) is 1.85. The summed E-state index contributed by atoms with van der Waals surface area (Å²) in [6.07, 6.45) is 0. The first kappa shape index (κ1) is 10.8. The maximum atomic E-state index is 5.73. The van der Waals surface area contributed by atoms with E-state index in [4.69, 9.17) is 9.15 Å². The third-order valence-electron chi connectivity index (χ3n) is 2.89. The van der Waals surface area contributed by atoms with Gasteiger partial charge in [0.2, 0.25) is 5.89 Å². The summed E-state index contributed by atoms with van der Waals surface area (Å²) in [5.41, 5.74) is 3.78. The maximum absolute atomic E-state index is 5.73. The summed E-state index contributed by atoms with van der Waals surface area (Å²) in [4.78, 5) is 4.47. The number of methoxy groups -OCH3 is 1. The van der Waals surface area contributed by atoms with Gasteiger partial charge in [-0.15, -0.1) is 0 Å². The minimum absolute atomic E-state index is 0.637. The number of benzene rings is 2. The van der Waals surface area contributed by atoms with Crippen LogP contribution in [0.1, 0.15) is 5.56 Å². The van der Waals surface area contributed by atoms with E-state index in [0.29, 0.717) is 5.89 Å². The molecule has 0 fully saturated rings. The molecule has 0 amide bonds. The van der Waals surface area contributed by atoms with Gasteiger partial charge in [-0.2, -0.15) is 0 Å². The lowest BCUT2D eigenvalue weighted by Gasteiger charge is -1.95. The topological polar surface area (TPSA) is 35.3 Å². The number of ether oxygens (including phenoxy) is 1. The van der Waals surface area contributed by atoms with Crippen LogP contribution in [0, 0.1) is 6.92 Å². The third-order valence-corrected chi connectivity index (χ3v) is 2.89. The summed E-state index contributed by atoms with van der Waals surface area (Å²) in [5, 5.41) is 0. The SMILES string of the molecule is COc1ccc2oc(-c3ccc(C)cc3)nc2c1. The molecule has 1 aromatic heterocycles. The fraction of sp³-hybridized carbons (Fsp3) is 0.133. The number of fused-ring (bicyclic) bond motifs is 1. The minimum Gasteiger partial charge on any atom is -0.497 e. The van der Waals surface area contributed by atoms with Crippen LogP contribution in [-0.4, -0.2) is 12.1 Å². The molecule has 3 aromatic rings. The van der Waals surface area contributed by atoms with E-state index in [1.165, 1.54) is 5.56 Å². The zero-order valence-electron chi connectivity index (χ0n) is 10.3. The van der Waals surface area contributed by atoms with Gasteiger partial charge in [0.15, 0.2) is 5.58 Å². The lowest BCUT2D eigenvalue weighted by Crippen LogP contribution is -1.81. The van der Waals surface area contributed by atoms with Gasteiger partial charge in [0.05, 0.1) is 7.11 Å². The van der Waals surface area contributed by atoms with Crippen molar-refractivity contribution in [3.8, 4) is 17.2 Å².